The first-order chi connectivity index (χ1) is 15.9. The van der Waals surface area contributed by atoms with Crippen molar-refractivity contribution in [2.45, 2.75) is 46.1 Å². The lowest BCUT2D eigenvalue weighted by Gasteiger charge is -2.09. The summed E-state index contributed by atoms with van der Waals surface area (Å²) in [6.45, 7) is 4.42. The molecule has 0 aromatic carbocycles. The number of aliphatic imine (C=N–C) groups is 1. The van der Waals surface area contributed by atoms with Crippen molar-refractivity contribution >= 4 is 18.0 Å². The molecule has 8 nitrogen and oxygen atoms in total. The van der Waals surface area contributed by atoms with Crippen LogP contribution in [0.1, 0.15) is 41.9 Å². The maximum Gasteiger partial charge on any atom is 0.280 e. The van der Waals surface area contributed by atoms with Gasteiger partial charge in [0, 0.05) is 47.8 Å². The first-order valence-electron chi connectivity index (χ1n) is 10.8. The molecule has 4 heterocycles. The van der Waals surface area contributed by atoms with Gasteiger partial charge in [0.15, 0.2) is 5.84 Å². The number of aryl methyl sites for hydroxylation is 2. The van der Waals surface area contributed by atoms with Gasteiger partial charge in [-0.25, -0.2) is 23.1 Å². The maximum atomic E-state index is 13.5. The number of aromatic nitrogens is 5. The van der Waals surface area contributed by atoms with Gasteiger partial charge in [-0.2, -0.15) is 10.2 Å². The fraction of sp³-hybridized carbons (Fsp3) is 0.348. The minimum atomic E-state index is -2.71. The average Bonchev–Trinajstić information content (AvgIpc) is 3.21. The third-order valence-corrected chi connectivity index (χ3v) is 5.81. The number of halogens is 2. The van der Waals surface area contributed by atoms with Crippen molar-refractivity contribution < 1.29 is 8.78 Å². The Morgan fingerprint density at radius 1 is 1.27 bits per heavy atom. The zero-order chi connectivity index (χ0) is 23.1. The zero-order valence-corrected chi connectivity index (χ0v) is 18.4. The topological polar surface area (TPSA) is 96.8 Å². The molecule has 0 radical (unpaired) electrons. The smallest absolute Gasteiger partial charge is 0.280 e. The summed E-state index contributed by atoms with van der Waals surface area (Å²) in [5.41, 5.74) is 4.75. The molecule has 1 saturated carbocycles. The van der Waals surface area contributed by atoms with Gasteiger partial charge in [0.05, 0.1) is 11.4 Å². The van der Waals surface area contributed by atoms with Crippen LogP contribution in [0.25, 0.3) is 11.3 Å². The second-order valence-electron chi connectivity index (χ2n) is 8.50. The van der Waals surface area contributed by atoms with Crippen LogP contribution >= 0.6 is 0 Å². The number of fused-ring (bicyclic) bond motifs is 1. The van der Waals surface area contributed by atoms with Crippen LogP contribution in [0.2, 0.25) is 0 Å². The van der Waals surface area contributed by atoms with Crippen LogP contribution in [0.4, 0.5) is 14.6 Å². The fourth-order valence-electron chi connectivity index (χ4n) is 4.03. The molecule has 1 aliphatic heterocycles. The molecule has 2 aliphatic rings. The maximum absolute atomic E-state index is 13.5. The van der Waals surface area contributed by atoms with Gasteiger partial charge in [0.1, 0.15) is 17.9 Å². The lowest BCUT2D eigenvalue weighted by atomic mass is 10.1. The largest absolute Gasteiger partial charge is 0.343 e. The number of allylic oxidation sites excluding steroid dienone is 2. The zero-order valence-electron chi connectivity index (χ0n) is 18.4. The van der Waals surface area contributed by atoms with E-state index in [9.17, 15) is 8.78 Å². The van der Waals surface area contributed by atoms with Gasteiger partial charge < -0.3 is 5.32 Å². The molecule has 3 aromatic heterocycles. The Labute approximate surface area is 189 Å². The highest BCUT2D eigenvalue weighted by Gasteiger charge is 2.30. The molecule has 5 rings (SSSR count). The molecule has 0 saturated heterocycles. The van der Waals surface area contributed by atoms with E-state index in [1.807, 2.05) is 29.9 Å². The summed E-state index contributed by atoms with van der Waals surface area (Å²) in [5, 5.41) is 19.9. The SMILES string of the molecule is Cc1ccc(-c2nn(CC3CC3)c3c2C/C(=C\C(=N/C=N)n2nc(C)cc2C(F)F)N3)cn1. The highest BCUT2D eigenvalue weighted by Crippen LogP contribution is 2.39. The Kier molecular flexibility index (Phi) is 5.35. The monoisotopic (exact) mass is 450 g/mol. The van der Waals surface area contributed by atoms with E-state index in [1.165, 1.54) is 18.9 Å². The first kappa shape index (κ1) is 21.2. The van der Waals surface area contributed by atoms with E-state index < -0.39 is 6.43 Å². The van der Waals surface area contributed by atoms with E-state index in [-0.39, 0.29) is 11.5 Å². The standard InChI is InChI=1S/C23H24F2N8/c1-13-3-6-16(10-27-13)21-18-8-17(29-23(18)32(31-21)11-15-4-5-15)9-20(28-12-26)33-19(22(24)25)7-14(2)30-33/h3,6-7,9-10,12,15,22,26,29H,4-5,8,11H2,1-2H3/b17-9+,26-12?,28-20+. The summed E-state index contributed by atoms with van der Waals surface area (Å²) in [6.07, 6.45) is 4.55. The molecule has 3 aromatic rings. The Hall–Kier alpha value is -3.69. The first-order valence-corrected chi connectivity index (χ1v) is 10.8. The second-order valence-corrected chi connectivity index (χ2v) is 8.50. The van der Waals surface area contributed by atoms with Crippen molar-refractivity contribution in [1.82, 2.24) is 24.5 Å². The van der Waals surface area contributed by atoms with Crippen molar-refractivity contribution in [2.24, 2.45) is 10.9 Å². The van der Waals surface area contributed by atoms with E-state index in [0.717, 1.165) is 51.6 Å². The molecule has 0 spiro atoms. The van der Waals surface area contributed by atoms with Crippen LogP contribution in [0.3, 0.4) is 0 Å². The molecule has 0 atom stereocenters. The van der Waals surface area contributed by atoms with Gasteiger partial charge in [-0.15, -0.1) is 0 Å². The van der Waals surface area contributed by atoms with Gasteiger partial charge in [0.25, 0.3) is 6.43 Å². The van der Waals surface area contributed by atoms with Gasteiger partial charge in [-0.3, -0.25) is 10.4 Å². The summed E-state index contributed by atoms with van der Waals surface area (Å²) >= 11 is 0. The van der Waals surface area contributed by atoms with Crippen LogP contribution in [0.15, 0.2) is 41.2 Å². The summed E-state index contributed by atoms with van der Waals surface area (Å²) in [7, 11) is 0. The third-order valence-electron chi connectivity index (χ3n) is 5.81. The molecule has 2 N–H and O–H groups in total. The highest BCUT2D eigenvalue weighted by molar-refractivity contribution is 6.00. The minimum absolute atomic E-state index is 0.154. The predicted octanol–water partition coefficient (Wildman–Crippen LogP) is 4.51. The van der Waals surface area contributed by atoms with Crippen molar-refractivity contribution in [3.8, 4) is 11.3 Å². The Morgan fingerprint density at radius 3 is 2.76 bits per heavy atom. The molecule has 170 valence electrons. The summed E-state index contributed by atoms with van der Waals surface area (Å²) < 4.78 is 30.2. The molecule has 10 heteroatoms. The predicted molar refractivity (Wildman–Crippen MR) is 122 cm³/mol. The number of anilines is 1. The number of nitrogens with one attached hydrogen (secondary N) is 2. The van der Waals surface area contributed by atoms with Crippen LogP contribution in [-0.2, 0) is 13.0 Å². The molecular weight excluding hydrogens is 426 g/mol. The third kappa shape index (κ3) is 4.20. The van der Waals surface area contributed by atoms with E-state index in [4.69, 9.17) is 10.5 Å². The van der Waals surface area contributed by atoms with Crippen molar-refractivity contribution in [2.75, 3.05) is 5.32 Å². The van der Waals surface area contributed by atoms with Crippen molar-refractivity contribution in [1.29, 1.82) is 5.41 Å². The Balaban J connectivity index is 1.53. The number of hydrogen-bond acceptors (Lipinski definition) is 5. The van der Waals surface area contributed by atoms with Gasteiger partial charge in [-0.1, -0.05) is 0 Å². The molecule has 0 bridgehead atoms. The quantitative estimate of drug-likeness (QED) is 0.427. The summed E-state index contributed by atoms with van der Waals surface area (Å²) in [4.78, 5) is 8.42. The minimum Gasteiger partial charge on any atom is -0.343 e. The van der Waals surface area contributed by atoms with Gasteiger partial charge in [-0.05, 0) is 50.8 Å². The molecule has 1 aliphatic carbocycles. The molecular formula is C23H24F2N8. The second kappa shape index (κ2) is 8.34. The summed E-state index contributed by atoms with van der Waals surface area (Å²) in [5.74, 6) is 1.69. The van der Waals surface area contributed by atoms with Crippen LogP contribution in [-0.4, -0.2) is 36.7 Å². The van der Waals surface area contributed by atoms with E-state index in [1.54, 1.807) is 13.0 Å². The average molecular weight is 450 g/mol. The molecule has 1 fully saturated rings. The van der Waals surface area contributed by atoms with Crippen molar-refractivity contribution in [3.05, 3.63) is 58.8 Å². The van der Waals surface area contributed by atoms with E-state index >= 15 is 0 Å². The Bertz CT molecular complexity index is 1260. The number of nitrogens with zero attached hydrogens (tertiary/aromatic N) is 6. The highest BCUT2D eigenvalue weighted by atomic mass is 19.3. The van der Waals surface area contributed by atoms with E-state index in [0.29, 0.717) is 18.0 Å². The number of alkyl halides is 2. The number of hydrogen-bond donors (Lipinski definition) is 2. The van der Waals surface area contributed by atoms with Gasteiger partial charge >= 0.3 is 0 Å². The lowest BCUT2D eigenvalue weighted by Crippen LogP contribution is -2.17. The Morgan fingerprint density at radius 2 is 2.09 bits per heavy atom. The molecule has 0 unspecified atom stereocenters. The molecule has 33 heavy (non-hydrogen) atoms. The van der Waals surface area contributed by atoms with Crippen molar-refractivity contribution in [3.63, 3.8) is 0 Å². The van der Waals surface area contributed by atoms with Crippen LogP contribution in [0, 0.1) is 25.2 Å². The van der Waals surface area contributed by atoms with Gasteiger partial charge in [0.2, 0.25) is 0 Å². The van der Waals surface area contributed by atoms with Crippen LogP contribution < -0.4 is 5.32 Å². The fourth-order valence-corrected chi connectivity index (χ4v) is 4.03. The number of pyridine rings is 1. The normalized spacial score (nSPS) is 17.0. The van der Waals surface area contributed by atoms with E-state index in [2.05, 4.69) is 20.4 Å². The summed E-state index contributed by atoms with van der Waals surface area (Å²) in [6, 6.07) is 5.30. The van der Waals surface area contributed by atoms with Crippen LogP contribution in [0.5, 0.6) is 0 Å². The molecule has 0 amide bonds. The number of rotatable bonds is 6. The lowest BCUT2D eigenvalue weighted by molar-refractivity contribution is 0.143.